The normalized spacial score (nSPS) is 27.1. The average Bonchev–Trinajstić information content (AvgIpc) is 2.33. The van der Waals surface area contributed by atoms with Gasteiger partial charge in [-0.1, -0.05) is 31.5 Å². The van der Waals surface area contributed by atoms with Gasteiger partial charge in [0.15, 0.2) is 0 Å². The number of piperidine rings is 1. The van der Waals surface area contributed by atoms with Crippen LogP contribution in [0.15, 0.2) is 24.3 Å². The van der Waals surface area contributed by atoms with Crippen LogP contribution in [0.25, 0.3) is 0 Å². The molecule has 18 heavy (non-hydrogen) atoms. The van der Waals surface area contributed by atoms with E-state index < -0.39 is 0 Å². The molecule has 0 spiro atoms. The van der Waals surface area contributed by atoms with Gasteiger partial charge in [-0.25, -0.2) is 0 Å². The summed E-state index contributed by atoms with van der Waals surface area (Å²) in [6.45, 7) is 10.7. The van der Waals surface area contributed by atoms with Gasteiger partial charge >= 0.3 is 0 Å². The van der Waals surface area contributed by atoms with Crippen molar-refractivity contribution in [2.24, 2.45) is 0 Å². The van der Waals surface area contributed by atoms with Gasteiger partial charge in [0.1, 0.15) is 0 Å². The molecule has 1 saturated heterocycles. The van der Waals surface area contributed by atoms with Crippen LogP contribution in [0.4, 0.5) is 5.69 Å². The van der Waals surface area contributed by atoms with Gasteiger partial charge in [0.2, 0.25) is 0 Å². The molecular weight excluding hydrogens is 220 g/mol. The Labute approximate surface area is 112 Å². The van der Waals surface area contributed by atoms with Gasteiger partial charge in [0.05, 0.1) is 0 Å². The van der Waals surface area contributed by atoms with Crippen LogP contribution in [0, 0.1) is 6.92 Å². The van der Waals surface area contributed by atoms with Crippen molar-refractivity contribution in [3.05, 3.63) is 29.8 Å². The monoisotopic (exact) mass is 248 g/mol. The van der Waals surface area contributed by atoms with Gasteiger partial charge in [0, 0.05) is 23.8 Å². The molecule has 2 heteroatoms. The Morgan fingerprint density at radius 2 is 1.50 bits per heavy atom. The van der Waals surface area contributed by atoms with Crippen molar-refractivity contribution < 1.29 is 0 Å². The maximum atomic E-state index is 3.63. The molecule has 1 aromatic rings. The molecule has 0 radical (unpaired) electrons. The van der Waals surface area contributed by atoms with Crippen molar-refractivity contribution in [3.63, 3.8) is 0 Å². The van der Waals surface area contributed by atoms with Crippen molar-refractivity contribution in [1.82, 2.24) is 5.32 Å². The second-order valence-electron chi connectivity index (χ2n) is 5.15. The van der Waals surface area contributed by atoms with Crippen LogP contribution in [0.5, 0.6) is 0 Å². The summed E-state index contributed by atoms with van der Waals surface area (Å²) in [6, 6.07) is 10.5. The van der Waals surface area contributed by atoms with Crippen LogP contribution in [-0.4, -0.2) is 18.1 Å². The third kappa shape index (κ3) is 4.69. The summed E-state index contributed by atoms with van der Waals surface area (Å²) < 4.78 is 0. The molecule has 2 atom stereocenters. The van der Waals surface area contributed by atoms with Crippen molar-refractivity contribution in [1.29, 1.82) is 0 Å². The highest BCUT2D eigenvalue weighted by molar-refractivity contribution is 5.45. The maximum Gasteiger partial charge on any atom is 0.0342 e. The van der Waals surface area contributed by atoms with Crippen molar-refractivity contribution in [2.45, 2.75) is 65.6 Å². The van der Waals surface area contributed by atoms with E-state index in [1.807, 2.05) is 13.8 Å². The van der Waals surface area contributed by atoms with Gasteiger partial charge in [-0.15, -0.1) is 0 Å². The lowest BCUT2D eigenvalue weighted by Crippen LogP contribution is -2.46. The molecule has 2 rings (SSSR count). The van der Waals surface area contributed by atoms with E-state index >= 15 is 0 Å². The van der Waals surface area contributed by atoms with E-state index in [0.29, 0.717) is 18.1 Å². The molecule has 0 aromatic heterocycles. The summed E-state index contributed by atoms with van der Waals surface area (Å²) in [6.07, 6.45) is 2.41. The third-order valence-corrected chi connectivity index (χ3v) is 3.27. The minimum absolute atomic E-state index is 0.606. The lowest BCUT2D eigenvalue weighted by molar-refractivity contribution is 0.330. The molecule has 2 nitrogen and oxygen atoms in total. The lowest BCUT2D eigenvalue weighted by atomic mass is 9.95. The molecule has 102 valence electrons. The number of anilines is 1. The minimum Gasteiger partial charge on any atom is -0.382 e. The van der Waals surface area contributed by atoms with Gasteiger partial charge in [-0.2, -0.15) is 0 Å². The van der Waals surface area contributed by atoms with Crippen LogP contribution in [0.1, 0.15) is 46.1 Å². The van der Waals surface area contributed by atoms with Crippen LogP contribution in [0.3, 0.4) is 0 Å². The predicted molar refractivity (Wildman–Crippen MR) is 81.2 cm³/mol. The highest BCUT2D eigenvalue weighted by atomic mass is 15.0. The Hall–Kier alpha value is -1.02. The average molecular weight is 248 g/mol. The van der Waals surface area contributed by atoms with Crippen molar-refractivity contribution in [2.75, 3.05) is 5.32 Å². The highest BCUT2D eigenvalue weighted by Gasteiger charge is 2.22. The number of rotatable bonds is 2. The topological polar surface area (TPSA) is 24.1 Å². The molecule has 1 aliphatic rings. The first-order valence-electron chi connectivity index (χ1n) is 7.23. The first kappa shape index (κ1) is 15.0. The van der Waals surface area contributed by atoms with Crippen molar-refractivity contribution >= 4 is 5.69 Å². The Kier molecular flexibility index (Phi) is 6.20. The SMILES string of the molecule is CC.Cc1ccc(NC2CC(C)NC(C)C2)cc1. The molecule has 2 N–H and O–H groups in total. The van der Waals surface area contributed by atoms with Gasteiger partial charge in [-0.05, 0) is 45.7 Å². The van der Waals surface area contributed by atoms with Gasteiger partial charge < -0.3 is 10.6 Å². The number of hydrogen-bond acceptors (Lipinski definition) is 2. The van der Waals surface area contributed by atoms with Crippen molar-refractivity contribution in [3.8, 4) is 0 Å². The fraction of sp³-hybridized carbons (Fsp3) is 0.625. The minimum atomic E-state index is 0.606. The molecule has 2 unspecified atom stereocenters. The zero-order valence-corrected chi connectivity index (χ0v) is 12.5. The highest BCUT2D eigenvalue weighted by Crippen LogP contribution is 2.18. The van der Waals surface area contributed by atoms with Gasteiger partial charge in [-0.3, -0.25) is 0 Å². The largest absolute Gasteiger partial charge is 0.382 e. The fourth-order valence-corrected chi connectivity index (χ4v) is 2.57. The van der Waals surface area contributed by atoms with E-state index in [2.05, 4.69) is 55.7 Å². The second-order valence-corrected chi connectivity index (χ2v) is 5.15. The first-order chi connectivity index (χ1) is 8.63. The van der Waals surface area contributed by atoms with E-state index in [4.69, 9.17) is 0 Å². The zero-order chi connectivity index (χ0) is 13.5. The molecule has 0 amide bonds. The maximum absolute atomic E-state index is 3.63. The van der Waals surface area contributed by atoms with Crippen LogP contribution in [-0.2, 0) is 0 Å². The van der Waals surface area contributed by atoms with Gasteiger partial charge in [0.25, 0.3) is 0 Å². The molecule has 1 fully saturated rings. The smallest absolute Gasteiger partial charge is 0.0342 e. The zero-order valence-electron chi connectivity index (χ0n) is 12.5. The fourth-order valence-electron chi connectivity index (χ4n) is 2.57. The van der Waals surface area contributed by atoms with E-state index in [-0.39, 0.29) is 0 Å². The molecule has 0 saturated carbocycles. The van der Waals surface area contributed by atoms with Crippen LogP contribution in [0.2, 0.25) is 0 Å². The Morgan fingerprint density at radius 3 is 2.00 bits per heavy atom. The first-order valence-corrected chi connectivity index (χ1v) is 7.23. The molecule has 1 aliphatic heterocycles. The second kappa shape index (κ2) is 7.42. The molecule has 0 aliphatic carbocycles. The summed E-state index contributed by atoms with van der Waals surface area (Å²) in [4.78, 5) is 0. The van der Waals surface area contributed by atoms with E-state index in [1.165, 1.54) is 24.1 Å². The van der Waals surface area contributed by atoms with Crippen LogP contribution >= 0.6 is 0 Å². The van der Waals surface area contributed by atoms with E-state index in [9.17, 15) is 0 Å². The molecule has 0 bridgehead atoms. The van der Waals surface area contributed by atoms with E-state index in [0.717, 1.165) is 0 Å². The predicted octanol–water partition coefficient (Wildman–Crippen LogP) is 3.96. The molecular formula is C16H28N2. The molecule has 1 aromatic carbocycles. The number of nitrogens with one attached hydrogen (secondary N) is 2. The molecule has 1 heterocycles. The number of aryl methyl sites for hydroxylation is 1. The number of hydrogen-bond donors (Lipinski definition) is 2. The summed E-state index contributed by atoms with van der Waals surface area (Å²) in [5, 5.41) is 7.19. The third-order valence-electron chi connectivity index (χ3n) is 3.27. The summed E-state index contributed by atoms with van der Waals surface area (Å²) in [7, 11) is 0. The Balaban J connectivity index is 0.000000771. The summed E-state index contributed by atoms with van der Waals surface area (Å²) in [5.74, 6) is 0. The Bertz CT molecular complexity index is 321. The standard InChI is InChI=1S/C14H22N2.C2H6/c1-10-4-6-13(7-5-10)16-14-8-11(2)15-12(3)9-14;1-2/h4-7,11-12,14-16H,8-9H2,1-3H3;1-2H3. The number of benzene rings is 1. The summed E-state index contributed by atoms with van der Waals surface area (Å²) >= 11 is 0. The van der Waals surface area contributed by atoms with Crippen LogP contribution < -0.4 is 10.6 Å². The summed E-state index contributed by atoms with van der Waals surface area (Å²) in [5.41, 5.74) is 2.56. The Morgan fingerprint density at radius 1 is 1.00 bits per heavy atom. The lowest BCUT2D eigenvalue weighted by Gasteiger charge is -2.34. The quantitative estimate of drug-likeness (QED) is 0.827. The van der Waals surface area contributed by atoms with E-state index in [1.54, 1.807) is 0 Å².